The standard InChI is InChI=1S/C11H18N2O2S/c1-4-8-6-12-10(16-8)7(3)13-9(5-2)11(14)15/h6-7,9,13H,4-5H2,1-3H3,(H,14,15). The lowest BCUT2D eigenvalue weighted by molar-refractivity contribution is -0.139. The van der Waals surface area contributed by atoms with Crippen LogP contribution >= 0.6 is 11.3 Å². The minimum Gasteiger partial charge on any atom is -0.480 e. The number of carboxylic acid groups (broad SMARTS) is 1. The van der Waals surface area contributed by atoms with Crippen molar-refractivity contribution < 1.29 is 9.90 Å². The van der Waals surface area contributed by atoms with Gasteiger partial charge >= 0.3 is 5.97 Å². The van der Waals surface area contributed by atoms with Crippen molar-refractivity contribution in [3.8, 4) is 0 Å². The Bertz CT molecular complexity index is 352. The third-order valence-corrected chi connectivity index (χ3v) is 3.77. The number of thiazole rings is 1. The van der Waals surface area contributed by atoms with Crippen molar-refractivity contribution in [1.82, 2.24) is 10.3 Å². The number of hydrogen-bond donors (Lipinski definition) is 2. The molecular weight excluding hydrogens is 224 g/mol. The van der Waals surface area contributed by atoms with E-state index in [0.717, 1.165) is 11.4 Å². The van der Waals surface area contributed by atoms with Crippen LogP contribution in [0, 0.1) is 0 Å². The molecule has 0 saturated carbocycles. The highest BCUT2D eigenvalue weighted by molar-refractivity contribution is 7.11. The molecule has 0 bridgehead atoms. The zero-order valence-electron chi connectivity index (χ0n) is 9.86. The van der Waals surface area contributed by atoms with Crippen LogP contribution in [-0.2, 0) is 11.2 Å². The van der Waals surface area contributed by atoms with Gasteiger partial charge in [0.2, 0.25) is 0 Å². The molecule has 4 nitrogen and oxygen atoms in total. The zero-order chi connectivity index (χ0) is 12.1. The Labute approximate surface area is 99.7 Å². The summed E-state index contributed by atoms with van der Waals surface area (Å²) in [6, 6.07) is -0.504. The molecule has 0 saturated heterocycles. The van der Waals surface area contributed by atoms with Crippen LogP contribution in [0.4, 0.5) is 0 Å². The minimum absolute atomic E-state index is 0.00801. The van der Waals surface area contributed by atoms with Crippen LogP contribution in [0.5, 0.6) is 0 Å². The van der Waals surface area contributed by atoms with Gasteiger partial charge in [-0.25, -0.2) is 4.98 Å². The summed E-state index contributed by atoms with van der Waals surface area (Å²) >= 11 is 1.64. The van der Waals surface area contributed by atoms with E-state index >= 15 is 0 Å². The summed E-state index contributed by atoms with van der Waals surface area (Å²) < 4.78 is 0. The van der Waals surface area contributed by atoms with Crippen molar-refractivity contribution in [2.75, 3.05) is 0 Å². The highest BCUT2D eigenvalue weighted by atomic mass is 32.1. The Kier molecular flexibility index (Phi) is 4.89. The van der Waals surface area contributed by atoms with Gasteiger partial charge in [0.15, 0.2) is 0 Å². The first kappa shape index (κ1) is 13.1. The second-order valence-electron chi connectivity index (χ2n) is 3.71. The van der Waals surface area contributed by atoms with Crippen LogP contribution in [-0.4, -0.2) is 22.1 Å². The number of aromatic nitrogens is 1. The first-order valence-electron chi connectivity index (χ1n) is 5.51. The van der Waals surface area contributed by atoms with Crippen molar-refractivity contribution in [2.24, 2.45) is 0 Å². The van der Waals surface area contributed by atoms with E-state index in [2.05, 4.69) is 17.2 Å². The average Bonchev–Trinajstić information content (AvgIpc) is 2.73. The van der Waals surface area contributed by atoms with Gasteiger partial charge in [-0.15, -0.1) is 11.3 Å². The molecule has 0 radical (unpaired) electrons. The molecule has 0 aliphatic carbocycles. The Morgan fingerprint density at radius 3 is 2.75 bits per heavy atom. The van der Waals surface area contributed by atoms with Crippen molar-refractivity contribution in [1.29, 1.82) is 0 Å². The Balaban J connectivity index is 2.63. The maximum Gasteiger partial charge on any atom is 0.320 e. The predicted octanol–water partition coefficient (Wildman–Crippen LogP) is 2.22. The number of rotatable bonds is 6. The van der Waals surface area contributed by atoms with Gasteiger partial charge in [0.25, 0.3) is 0 Å². The first-order chi connectivity index (χ1) is 7.58. The van der Waals surface area contributed by atoms with Gasteiger partial charge in [-0.2, -0.15) is 0 Å². The lowest BCUT2D eigenvalue weighted by atomic mass is 10.2. The fraction of sp³-hybridized carbons (Fsp3) is 0.636. The summed E-state index contributed by atoms with van der Waals surface area (Å²) in [6.45, 7) is 5.89. The number of aliphatic carboxylic acids is 1. The molecule has 1 heterocycles. The normalized spacial score (nSPS) is 14.7. The zero-order valence-corrected chi connectivity index (χ0v) is 10.7. The van der Waals surface area contributed by atoms with Crippen molar-refractivity contribution in [3.05, 3.63) is 16.1 Å². The quantitative estimate of drug-likeness (QED) is 0.803. The summed E-state index contributed by atoms with van der Waals surface area (Å²) in [5.41, 5.74) is 0. The van der Waals surface area contributed by atoms with E-state index in [4.69, 9.17) is 5.11 Å². The molecule has 0 aliphatic heterocycles. The molecule has 0 aliphatic rings. The van der Waals surface area contributed by atoms with E-state index in [9.17, 15) is 4.79 Å². The van der Waals surface area contributed by atoms with Crippen LogP contribution in [0.15, 0.2) is 6.20 Å². The molecule has 1 aromatic heterocycles. The van der Waals surface area contributed by atoms with E-state index in [-0.39, 0.29) is 6.04 Å². The summed E-state index contributed by atoms with van der Waals surface area (Å²) in [6.07, 6.45) is 3.41. The van der Waals surface area contributed by atoms with Crippen LogP contribution in [0.25, 0.3) is 0 Å². The lowest BCUT2D eigenvalue weighted by Crippen LogP contribution is -2.37. The molecule has 2 N–H and O–H groups in total. The Morgan fingerprint density at radius 1 is 1.62 bits per heavy atom. The van der Waals surface area contributed by atoms with Crippen LogP contribution in [0.1, 0.15) is 43.1 Å². The minimum atomic E-state index is -0.804. The van der Waals surface area contributed by atoms with Gasteiger partial charge in [-0.1, -0.05) is 13.8 Å². The monoisotopic (exact) mass is 242 g/mol. The topological polar surface area (TPSA) is 62.2 Å². The van der Waals surface area contributed by atoms with Gasteiger partial charge in [-0.3, -0.25) is 10.1 Å². The third kappa shape index (κ3) is 3.28. The number of nitrogens with one attached hydrogen (secondary N) is 1. The highest BCUT2D eigenvalue weighted by Crippen LogP contribution is 2.20. The van der Waals surface area contributed by atoms with Crippen LogP contribution in [0.3, 0.4) is 0 Å². The van der Waals surface area contributed by atoms with E-state index in [0.29, 0.717) is 6.42 Å². The number of hydrogen-bond acceptors (Lipinski definition) is 4. The molecule has 0 aromatic carbocycles. The Hall–Kier alpha value is -0.940. The van der Waals surface area contributed by atoms with Crippen LogP contribution in [0.2, 0.25) is 0 Å². The Morgan fingerprint density at radius 2 is 2.31 bits per heavy atom. The molecule has 1 aromatic rings. The smallest absolute Gasteiger partial charge is 0.320 e. The first-order valence-corrected chi connectivity index (χ1v) is 6.33. The molecule has 2 atom stereocenters. The van der Waals surface area contributed by atoms with Gasteiger partial charge in [-0.05, 0) is 19.8 Å². The summed E-state index contributed by atoms with van der Waals surface area (Å²) in [7, 11) is 0. The lowest BCUT2D eigenvalue weighted by Gasteiger charge is -2.16. The largest absolute Gasteiger partial charge is 0.480 e. The van der Waals surface area contributed by atoms with Gasteiger partial charge in [0, 0.05) is 11.1 Å². The predicted molar refractivity (Wildman–Crippen MR) is 64.8 cm³/mol. The second kappa shape index (κ2) is 5.96. The molecule has 5 heteroatoms. The van der Waals surface area contributed by atoms with Crippen molar-refractivity contribution in [3.63, 3.8) is 0 Å². The molecule has 16 heavy (non-hydrogen) atoms. The molecule has 0 spiro atoms. The molecule has 0 fully saturated rings. The van der Waals surface area contributed by atoms with E-state index in [1.807, 2.05) is 20.0 Å². The summed E-state index contributed by atoms with van der Waals surface area (Å²) in [5, 5.41) is 13.0. The second-order valence-corrected chi connectivity index (χ2v) is 4.85. The fourth-order valence-electron chi connectivity index (χ4n) is 1.42. The number of aryl methyl sites for hydroxylation is 1. The third-order valence-electron chi connectivity index (χ3n) is 2.45. The fourth-order valence-corrected chi connectivity index (χ4v) is 2.29. The maximum absolute atomic E-state index is 10.9. The van der Waals surface area contributed by atoms with Crippen molar-refractivity contribution >= 4 is 17.3 Å². The number of nitrogens with zero attached hydrogens (tertiary/aromatic N) is 1. The van der Waals surface area contributed by atoms with E-state index < -0.39 is 12.0 Å². The number of carboxylic acids is 1. The molecular formula is C11H18N2O2S. The molecule has 2 unspecified atom stereocenters. The molecule has 1 rings (SSSR count). The summed E-state index contributed by atoms with van der Waals surface area (Å²) in [5.74, 6) is -0.804. The SMILES string of the molecule is CCc1cnc(C(C)NC(CC)C(=O)O)s1. The summed E-state index contributed by atoms with van der Waals surface area (Å²) in [4.78, 5) is 16.4. The number of carbonyl (C=O) groups is 1. The average molecular weight is 242 g/mol. The van der Waals surface area contributed by atoms with Gasteiger partial charge < -0.3 is 5.11 Å². The van der Waals surface area contributed by atoms with Gasteiger partial charge in [0.1, 0.15) is 11.0 Å². The van der Waals surface area contributed by atoms with E-state index in [1.165, 1.54) is 4.88 Å². The maximum atomic E-state index is 10.9. The van der Waals surface area contributed by atoms with Crippen LogP contribution < -0.4 is 5.32 Å². The molecule has 90 valence electrons. The van der Waals surface area contributed by atoms with E-state index in [1.54, 1.807) is 11.3 Å². The highest BCUT2D eigenvalue weighted by Gasteiger charge is 2.19. The van der Waals surface area contributed by atoms with Gasteiger partial charge in [0.05, 0.1) is 6.04 Å². The van der Waals surface area contributed by atoms with Crippen molar-refractivity contribution in [2.45, 2.75) is 45.7 Å². The molecule has 0 amide bonds.